The van der Waals surface area contributed by atoms with Crippen LogP contribution in [0.5, 0.6) is 0 Å². The van der Waals surface area contributed by atoms with E-state index >= 15 is 0 Å². The van der Waals surface area contributed by atoms with Gasteiger partial charge in [0.15, 0.2) is 0 Å². The highest BCUT2D eigenvalue weighted by Crippen LogP contribution is 2.32. The SMILES string of the molecule is CCC(C)C(=O)OC1(C(C)C)CCOC1. The van der Waals surface area contributed by atoms with Crippen LogP contribution < -0.4 is 0 Å². The van der Waals surface area contributed by atoms with E-state index in [9.17, 15) is 4.79 Å². The molecule has 2 unspecified atom stereocenters. The van der Waals surface area contributed by atoms with Gasteiger partial charge in [-0.05, 0) is 12.3 Å². The van der Waals surface area contributed by atoms with Crippen molar-refractivity contribution in [2.24, 2.45) is 11.8 Å². The molecule has 0 aromatic carbocycles. The molecule has 0 aliphatic carbocycles. The second-order valence-corrected chi connectivity index (χ2v) is 4.75. The first kappa shape index (κ1) is 12.5. The minimum Gasteiger partial charge on any atom is -0.456 e. The Morgan fingerprint density at radius 2 is 2.13 bits per heavy atom. The van der Waals surface area contributed by atoms with Gasteiger partial charge in [-0.2, -0.15) is 0 Å². The number of ether oxygens (including phenoxy) is 2. The van der Waals surface area contributed by atoms with Crippen LogP contribution in [-0.4, -0.2) is 24.8 Å². The van der Waals surface area contributed by atoms with Gasteiger partial charge in [-0.15, -0.1) is 0 Å². The molecular formula is C12H22O3. The molecule has 2 atom stereocenters. The van der Waals surface area contributed by atoms with Gasteiger partial charge in [0.25, 0.3) is 0 Å². The summed E-state index contributed by atoms with van der Waals surface area (Å²) in [6.07, 6.45) is 1.65. The fourth-order valence-corrected chi connectivity index (χ4v) is 1.68. The number of carbonyl (C=O) groups excluding carboxylic acids is 1. The first-order valence-corrected chi connectivity index (χ1v) is 5.82. The molecule has 1 rings (SSSR count). The third-order valence-corrected chi connectivity index (χ3v) is 3.39. The molecule has 1 aliphatic rings. The van der Waals surface area contributed by atoms with Crippen molar-refractivity contribution in [1.82, 2.24) is 0 Å². The van der Waals surface area contributed by atoms with Crippen molar-refractivity contribution in [3.63, 3.8) is 0 Å². The second kappa shape index (κ2) is 4.97. The van der Waals surface area contributed by atoms with Crippen molar-refractivity contribution < 1.29 is 14.3 Å². The Hall–Kier alpha value is -0.570. The second-order valence-electron chi connectivity index (χ2n) is 4.75. The minimum atomic E-state index is -0.374. The summed E-state index contributed by atoms with van der Waals surface area (Å²) >= 11 is 0. The molecular weight excluding hydrogens is 192 g/mol. The largest absolute Gasteiger partial charge is 0.456 e. The molecule has 0 amide bonds. The Morgan fingerprint density at radius 1 is 1.47 bits per heavy atom. The predicted molar refractivity (Wildman–Crippen MR) is 58.6 cm³/mol. The maximum absolute atomic E-state index is 11.8. The van der Waals surface area contributed by atoms with Gasteiger partial charge in [-0.25, -0.2) is 0 Å². The van der Waals surface area contributed by atoms with Crippen molar-refractivity contribution in [3.05, 3.63) is 0 Å². The molecule has 0 spiro atoms. The molecule has 1 heterocycles. The predicted octanol–water partition coefficient (Wildman–Crippen LogP) is 2.39. The molecule has 0 radical (unpaired) electrons. The van der Waals surface area contributed by atoms with Crippen molar-refractivity contribution in [1.29, 1.82) is 0 Å². The van der Waals surface area contributed by atoms with E-state index in [1.165, 1.54) is 0 Å². The molecule has 88 valence electrons. The summed E-state index contributed by atoms with van der Waals surface area (Å²) in [4.78, 5) is 11.8. The van der Waals surface area contributed by atoms with Crippen molar-refractivity contribution in [2.45, 2.75) is 46.1 Å². The molecule has 0 N–H and O–H groups in total. The lowest BCUT2D eigenvalue weighted by molar-refractivity contribution is -0.169. The van der Waals surface area contributed by atoms with Gasteiger partial charge in [-0.1, -0.05) is 27.7 Å². The lowest BCUT2D eigenvalue weighted by atomic mass is 9.89. The van der Waals surface area contributed by atoms with Gasteiger partial charge >= 0.3 is 5.97 Å². The summed E-state index contributed by atoms with van der Waals surface area (Å²) in [5, 5.41) is 0. The smallest absolute Gasteiger partial charge is 0.309 e. The summed E-state index contributed by atoms with van der Waals surface area (Å²) in [6, 6.07) is 0. The van der Waals surface area contributed by atoms with E-state index < -0.39 is 0 Å². The third kappa shape index (κ3) is 2.71. The topological polar surface area (TPSA) is 35.5 Å². The molecule has 15 heavy (non-hydrogen) atoms. The number of carbonyl (C=O) groups is 1. The molecule has 3 heteroatoms. The van der Waals surface area contributed by atoms with Crippen LogP contribution in [0.15, 0.2) is 0 Å². The summed E-state index contributed by atoms with van der Waals surface area (Å²) in [6.45, 7) is 9.32. The van der Waals surface area contributed by atoms with E-state index in [4.69, 9.17) is 9.47 Å². The molecule has 1 fully saturated rings. The lowest BCUT2D eigenvalue weighted by Gasteiger charge is -2.32. The fourth-order valence-electron chi connectivity index (χ4n) is 1.68. The first-order chi connectivity index (χ1) is 7.02. The maximum Gasteiger partial charge on any atom is 0.309 e. The van der Waals surface area contributed by atoms with Crippen LogP contribution in [0.1, 0.15) is 40.5 Å². The fraction of sp³-hybridized carbons (Fsp3) is 0.917. The van der Waals surface area contributed by atoms with Crippen molar-refractivity contribution in [2.75, 3.05) is 13.2 Å². The zero-order valence-corrected chi connectivity index (χ0v) is 10.2. The van der Waals surface area contributed by atoms with Crippen molar-refractivity contribution in [3.8, 4) is 0 Å². The summed E-state index contributed by atoms with van der Waals surface area (Å²) in [5.41, 5.74) is -0.374. The average Bonchev–Trinajstić information content (AvgIpc) is 2.66. The normalized spacial score (nSPS) is 28.1. The summed E-state index contributed by atoms with van der Waals surface area (Å²) < 4.78 is 11.0. The Labute approximate surface area is 92.1 Å². The monoisotopic (exact) mass is 214 g/mol. The number of hydrogen-bond acceptors (Lipinski definition) is 3. The van der Waals surface area contributed by atoms with Crippen LogP contribution in [0.25, 0.3) is 0 Å². The standard InChI is InChI=1S/C12H22O3/c1-5-10(4)11(13)15-12(9(2)3)6-7-14-8-12/h9-10H,5-8H2,1-4H3. The van der Waals surface area contributed by atoms with Crippen molar-refractivity contribution >= 4 is 5.97 Å². The van der Waals surface area contributed by atoms with Crippen LogP contribution in [-0.2, 0) is 14.3 Å². The van der Waals surface area contributed by atoms with E-state index in [1.54, 1.807) is 0 Å². The van der Waals surface area contributed by atoms with E-state index in [0.29, 0.717) is 19.1 Å². The Kier molecular flexibility index (Phi) is 4.14. The molecule has 0 aromatic heterocycles. The highest BCUT2D eigenvalue weighted by molar-refractivity contribution is 5.72. The Morgan fingerprint density at radius 3 is 2.53 bits per heavy atom. The molecule has 3 nitrogen and oxygen atoms in total. The summed E-state index contributed by atoms with van der Waals surface area (Å²) in [7, 11) is 0. The quantitative estimate of drug-likeness (QED) is 0.674. The molecule has 0 bridgehead atoms. The van der Waals surface area contributed by atoms with Gasteiger partial charge in [0, 0.05) is 6.42 Å². The number of esters is 1. The van der Waals surface area contributed by atoms with Gasteiger partial charge < -0.3 is 9.47 Å². The third-order valence-electron chi connectivity index (χ3n) is 3.39. The van der Waals surface area contributed by atoms with E-state index in [-0.39, 0.29) is 17.5 Å². The highest BCUT2D eigenvalue weighted by Gasteiger charge is 2.42. The first-order valence-electron chi connectivity index (χ1n) is 5.82. The molecule has 1 aliphatic heterocycles. The van der Waals surface area contributed by atoms with Gasteiger partial charge in [0.2, 0.25) is 0 Å². The van der Waals surface area contributed by atoms with Gasteiger partial charge in [0.1, 0.15) is 5.60 Å². The van der Waals surface area contributed by atoms with E-state index in [1.807, 2.05) is 13.8 Å². The van der Waals surface area contributed by atoms with E-state index in [2.05, 4.69) is 13.8 Å². The molecule has 0 saturated carbocycles. The van der Waals surface area contributed by atoms with Crippen LogP contribution in [0.2, 0.25) is 0 Å². The summed E-state index contributed by atoms with van der Waals surface area (Å²) in [5.74, 6) is 0.214. The van der Waals surface area contributed by atoms with Gasteiger partial charge in [-0.3, -0.25) is 4.79 Å². The number of hydrogen-bond donors (Lipinski definition) is 0. The maximum atomic E-state index is 11.8. The highest BCUT2D eigenvalue weighted by atomic mass is 16.6. The van der Waals surface area contributed by atoms with Crippen LogP contribution in [0, 0.1) is 11.8 Å². The number of rotatable bonds is 4. The lowest BCUT2D eigenvalue weighted by Crippen LogP contribution is -2.42. The zero-order chi connectivity index (χ0) is 11.5. The average molecular weight is 214 g/mol. The Bertz CT molecular complexity index is 217. The Balaban J connectivity index is 2.63. The zero-order valence-electron chi connectivity index (χ0n) is 10.2. The van der Waals surface area contributed by atoms with Crippen LogP contribution in [0.3, 0.4) is 0 Å². The molecule has 1 saturated heterocycles. The van der Waals surface area contributed by atoms with Crippen LogP contribution in [0.4, 0.5) is 0 Å². The van der Waals surface area contributed by atoms with E-state index in [0.717, 1.165) is 12.8 Å². The van der Waals surface area contributed by atoms with Gasteiger partial charge in [0.05, 0.1) is 19.1 Å². The minimum absolute atomic E-state index is 0.0128. The van der Waals surface area contributed by atoms with Crippen LogP contribution >= 0.6 is 0 Å². The molecule has 0 aromatic rings.